The Balaban J connectivity index is 2.66. The van der Waals surface area contributed by atoms with Crippen LogP contribution >= 0.6 is 0 Å². The maximum Gasteiger partial charge on any atom is 0.304 e. The lowest BCUT2D eigenvalue weighted by atomic mass is 9.95. The molecule has 7 heteroatoms. The molecule has 0 saturated heterocycles. The highest BCUT2D eigenvalue weighted by Gasteiger charge is 2.50. The van der Waals surface area contributed by atoms with Gasteiger partial charge >= 0.3 is 5.97 Å². The van der Waals surface area contributed by atoms with Gasteiger partial charge in [-0.3, -0.25) is 19.7 Å². The summed E-state index contributed by atoms with van der Waals surface area (Å²) in [5.41, 5.74) is -1.55. The molecule has 1 aromatic rings. The fourth-order valence-electron chi connectivity index (χ4n) is 2.04. The monoisotopic (exact) mass is 250 g/mol. The second-order valence-electron chi connectivity index (χ2n) is 4.04. The number of anilines is 1. The molecule has 1 amide bonds. The topological polar surface area (TPSA) is 98.5 Å². The largest absolute Gasteiger partial charge is 0.444 e. The zero-order valence-electron chi connectivity index (χ0n) is 9.72. The molecule has 1 aliphatic rings. The SMILES string of the molecule is CC(=O)OC1(C)C(=O)Nc2cccc([N+](=O)[O-])c21. The number of ether oxygens (including phenoxy) is 1. The Morgan fingerprint density at radius 2 is 2.17 bits per heavy atom. The number of fused-ring (bicyclic) bond motifs is 1. The molecule has 1 atom stereocenters. The number of hydrogen-bond acceptors (Lipinski definition) is 5. The van der Waals surface area contributed by atoms with Gasteiger partial charge < -0.3 is 10.1 Å². The highest BCUT2D eigenvalue weighted by Crippen LogP contribution is 2.43. The van der Waals surface area contributed by atoms with Crippen LogP contribution in [0.1, 0.15) is 19.4 Å². The number of amides is 1. The lowest BCUT2D eigenvalue weighted by molar-refractivity contribution is -0.386. The predicted molar refractivity (Wildman–Crippen MR) is 60.8 cm³/mol. The quantitative estimate of drug-likeness (QED) is 0.485. The van der Waals surface area contributed by atoms with Gasteiger partial charge in [-0.05, 0) is 13.0 Å². The molecule has 7 nitrogen and oxygen atoms in total. The fourth-order valence-corrected chi connectivity index (χ4v) is 2.04. The molecule has 0 aliphatic carbocycles. The van der Waals surface area contributed by atoms with Crippen LogP contribution in [0, 0.1) is 10.1 Å². The van der Waals surface area contributed by atoms with Crippen molar-refractivity contribution in [3.05, 3.63) is 33.9 Å². The van der Waals surface area contributed by atoms with E-state index in [2.05, 4.69) is 5.32 Å². The molecule has 1 aliphatic heterocycles. The van der Waals surface area contributed by atoms with E-state index < -0.39 is 22.4 Å². The van der Waals surface area contributed by atoms with E-state index in [1.807, 2.05) is 0 Å². The summed E-state index contributed by atoms with van der Waals surface area (Å²) in [6.45, 7) is 2.48. The summed E-state index contributed by atoms with van der Waals surface area (Å²) in [5, 5.41) is 13.4. The Morgan fingerprint density at radius 1 is 1.50 bits per heavy atom. The molecule has 2 rings (SSSR count). The molecule has 0 saturated carbocycles. The second-order valence-corrected chi connectivity index (χ2v) is 4.04. The zero-order chi connectivity index (χ0) is 13.5. The van der Waals surface area contributed by atoms with Crippen molar-refractivity contribution >= 4 is 23.3 Å². The van der Waals surface area contributed by atoms with Gasteiger partial charge in [0.05, 0.1) is 10.6 Å². The molecular formula is C11H10N2O5. The average molecular weight is 250 g/mol. The Hall–Kier alpha value is -2.44. The van der Waals surface area contributed by atoms with Crippen molar-refractivity contribution in [2.24, 2.45) is 0 Å². The Labute approximate surface area is 102 Å². The predicted octanol–water partition coefficient (Wildman–Crippen LogP) is 1.33. The van der Waals surface area contributed by atoms with Crippen molar-refractivity contribution in [3.63, 3.8) is 0 Å². The molecule has 1 heterocycles. The number of nitrogens with zero attached hydrogens (tertiary/aromatic N) is 1. The summed E-state index contributed by atoms with van der Waals surface area (Å²) < 4.78 is 4.97. The maximum absolute atomic E-state index is 11.9. The third kappa shape index (κ3) is 1.60. The molecule has 0 fully saturated rings. The first-order valence-electron chi connectivity index (χ1n) is 5.15. The first-order valence-corrected chi connectivity index (χ1v) is 5.15. The van der Waals surface area contributed by atoms with Gasteiger partial charge in [0.15, 0.2) is 0 Å². The van der Waals surface area contributed by atoms with Gasteiger partial charge in [-0.2, -0.15) is 0 Å². The summed E-state index contributed by atoms with van der Waals surface area (Å²) in [5.74, 6) is -1.28. The molecule has 18 heavy (non-hydrogen) atoms. The van der Waals surface area contributed by atoms with Gasteiger partial charge in [0, 0.05) is 13.0 Å². The Morgan fingerprint density at radius 3 is 2.72 bits per heavy atom. The number of benzene rings is 1. The van der Waals surface area contributed by atoms with E-state index in [1.165, 1.54) is 25.1 Å². The van der Waals surface area contributed by atoms with E-state index in [4.69, 9.17) is 4.74 Å². The van der Waals surface area contributed by atoms with Crippen LogP contribution in [0.2, 0.25) is 0 Å². The van der Waals surface area contributed by atoms with Gasteiger partial charge in [-0.25, -0.2) is 0 Å². The molecule has 0 aromatic heterocycles. The molecule has 0 radical (unpaired) electrons. The van der Waals surface area contributed by atoms with Gasteiger partial charge in [0.2, 0.25) is 5.60 Å². The number of esters is 1. The Bertz CT molecular complexity index is 569. The van der Waals surface area contributed by atoms with Crippen molar-refractivity contribution in [1.29, 1.82) is 0 Å². The van der Waals surface area contributed by atoms with Gasteiger partial charge in [0.1, 0.15) is 5.56 Å². The molecule has 94 valence electrons. The number of nitro groups is 1. The summed E-state index contributed by atoms with van der Waals surface area (Å²) in [4.78, 5) is 33.3. The normalized spacial score (nSPS) is 21.1. The third-order valence-electron chi connectivity index (χ3n) is 2.75. The van der Waals surface area contributed by atoms with Crippen LogP contribution in [0.3, 0.4) is 0 Å². The first kappa shape index (κ1) is 12.0. The van der Waals surface area contributed by atoms with E-state index in [-0.39, 0.29) is 16.9 Å². The second kappa shape index (κ2) is 3.80. The van der Waals surface area contributed by atoms with Gasteiger partial charge in [-0.1, -0.05) is 6.07 Å². The van der Waals surface area contributed by atoms with E-state index >= 15 is 0 Å². The zero-order valence-corrected chi connectivity index (χ0v) is 9.72. The lowest BCUT2D eigenvalue weighted by Crippen LogP contribution is -2.36. The molecule has 0 spiro atoms. The van der Waals surface area contributed by atoms with Crippen molar-refractivity contribution in [3.8, 4) is 0 Å². The minimum atomic E-state index is -1.66. The van der Waals surface area contributed by atoms with Crippen molar-refractivity contribution in [1.82, 2.24) is 0 Å². The van der Waals surface area contributed by atoms with E-state index in [0.29, 0.717) is 0 Å². The number of carbonyl (C=O) groups excluding carboxylic acids is 2. The maximum atomic E-state index is 11.9. The smallest absolute Gasteiger partial charge is 0.304 e. The molecule has 1 aromatic carbocycles. The van der Waals surface area contributed by atoms with Gasteiger partial charge in [0.25, 0.3) is 11.6 Å². The minimum Gasteiger partial charge on any atom is -0.444 e. The molecule has 0 bridgehead atoms. The number of nitro benzene ring substituents is 1. The fraction of sp³-hybridized carbons (Fsp3) is 0.273. The summed E-state index contributed by atoms with van der Waals surface area (Å²) >= 11 is 0. The minimum absolute atomic E-state index is 0.0789. The molecule has 1 N–H and O–H groups in total. The van der Waals surface area contributed by atoms with Crippen LogP contribution in [0.4, 0.5) is 11.4 Å². The standard InChI is InChI=1S/C11H10N2O5/c1-6(14)18-11(2)9-7(12-10(11)15)4-3-5-8(9)13(16)17/h3-5H,1-2H3,(H,12,15). The number of nitrogens with one attached hydrogen (secondary N) is 1. The van der Waals surface area contributed by atoms with Crippen LogP contribution < -0.4 is 5.32 Å². The third-order valence-corrected chi connectivity index (χ3v) is 2.75. The summed E-state index contributed by atoms with van der Waals surface area (Å²) in [6.07, 6.45) is 0. The summed E-state index contributed by atoms with van der Waals surface area (Å²) in [6, 6.07) is 4.24. The number of carbonyl (C=O) groups is 2. The van der Waals surface area contributed by atoms with Crippen LogP contribution in [0.15, 0.2) is 18.2 Å². The van der Waals surface area contributed by atoms with Crippen molar-refractivity contribution in [2.45, 2.75) is 19.4 Å². The Kier molecular flexibility index (Phi) is 2.54. The van der Waals surface area contributed by atoms with Crippen LogP contribution in [-0.4, -0.2) is 16.8 Å². The van der Waals surface area contributed by atoms with Crippen LogP contribution in [-0.2, 0) is 19.9 Å². The molecular weight excluding hydrogens is 240 g/mol. The van der Waals surface area contributed by atoms with Crippen molar-refractivity contribution < 1.29 is 19.2 Å². The number of hydrogen-bond donors (Lipinski definition) is 1. The van der Waals surface area contributed by atoms with E-state index in [0.717, 1.165) is 6.92 Å². The molecule has 1 unspecified atom stereocenters. The van der Waals surface area contributed by atoms with Gasteiger partial charge in [-0.15, -0.1) is 0 Å². The van der Waals surface area contributed by atoms with Crippen molar-refractivity contribution in [2.75, 3.05) is 5.32 Å². The highest BCUT2D eigenvalue weighted by atomic mass is 16.6. The van der Waals surface area contributed by atoms with E-state index in [1.54, 1.807) is 0 Å². The van der Waals surface area contributed by atoms with Crippen LogP contribution in [0.25, 0.3) is 0 Å². The summed E-state index contributed by atoms with van der Waals surface area (Å²) in [7, 11) is 0. The lowest BCUT2D eigenvalue weighted by Gasteiger charge is -2.21. The number of rotatable bonds is 2. The highest BCUT2D eigenvalue weighted by molar-refractivity contribution is 6.07. The van der Waals surface area contributed by atoms with Crippen LogP contribution in [0.5, 0.6) is 0 Å². The average Bonchev–Trinajstić information content (AvgIpc) is 2.50. The first-order chi connectivity index (χ1) is 8.36. The van der Waals surface area contributed by atoms with E-state index in [9.17, 15) is 19.7 Å².